The Balaban J connectivity index is 1.64. The Labute approximate surface area is 112 Å². The first-order valence-corrected chi connectivity index (χ1v) is 6.26. The number of aryl methyl sites for hydroxylation is 2. The van der Waals surface area contributed by atoms with Crippen molar-refractivity contribution in [1.29, 1.82) is 0 Å². The number of anilines is 1. The van der Waals surface area contributed by atoms with Gasteiger partial charge < -0.3 is 9.84 Å². The summed E-state index contributed by atoms with van der Waals surface area (Å²) in [5.41, 5.74) is 1.27. The van der Waals surface area contributed by atoms with Crippen LogP contribution < -0.4 is 10.6 Å². The second-order valence-electron chi connectivity index (χ2n) is 4.29. The first-order chi connectivity index (χ1) is 9.24. The van der Waals surface area contributed by atoms with E-state index in [-0.39, 0.29) is 6.03 Å². The predicted octanol–water partition coefficient (Wildman–Crippen LogP) is 2.74. The molecule has 2 amide bonds. The zero-order chi connectivity index (χ0) is 13.5. The van der Waals surface area contributed by atoms with E-state index >= 15 is 0 Å². The van der Waals surface area contributed by atoms with E-state index in [1.54, 1.807) is 13.0 Å². The molecule has 1 aromatic carbocycles. The summed E-state index contributed by atoms with van der Waals surface area (Å²) in [7, 11) is 0. The summed E-state index contributed by atoms with van der Waals surface area (Å²) < 4.78 is 4.86. The van der Waals surface area contributed by atoms with Gasteiger partial charge in [0.25, 0.3) is 0 Å². The highest BCUT2D eigenvalue weighted by Crippen LogP contribution is 2.06. The molecule has 0 aliphatic carbocycles. The Hall–Kier alpha value is -2.30. The number of rotatable bonds is 5. The van der Waals surface area contributed by atoms with Crippen LogP contribution >= 0.6 is 0 Å². The van der Waals surface area contributed by atoms with Crippen LogP contribution in [0, 0.1) is 6.92 Å². The van der Waals surface area contributed by atoms with Gasteiger partial charge in [-0.25, -0.2) is 4.79 Å². The van der Waals surface area contributed by atoms with Crippen molar-refractivity contribution in [3.05, 3.63) is 47.7 Å². The number of urea groups is 1. The molecule has 0 radical (unpaired) electrons. The third kappa shape index (κ3) is 4.46. The molecule has 0 unspecified atom stereocenters. The van der Waals surface area contributed by atoms with Gasteiger partial charge in [0.05, 0.1) is 0 Å². The largest absolute Gasteiger partial charge is 0.360 e. The summed E-state index contributed by atoms with van der Waals surface area (Å²) in [6, 6.07) is 11.6. The number of amides is 2. The number of nitrogens with zero attached hydrogens (tertiary/aromatic N) is 1. The summed E-state index contributed by atoms with van der Waals surface area (Å²) in [6.07, 6.45) is 1.85. The van der Waals surface area contributed by atoms with Gasteiger partial charge in [0.2, 0.25) is 0 Å². The van der Waals surface area contributed by atoms with E-state index in [2.05, 4.69) is 27.9 Å². The van der Waals surface area contributed by atoms with E-state index in [0.29, 0.717) is 18.1 Å². The Morgan fingerprint density at radius 3 is 2.79 bits per heavy atom. The third-order valence-corrected chi connectivity index (χ3v) is 2.64. The van der Waals surface area contributed by atoms with Gasteiger partial charge in [-0.1, -0.05) is 35.5 Å². The molecule has 2 aromatic rings. The first-order valence-electron chi connectivity index (χ1n) is 6.26. The highest BCUT2D eigenvalue weighted by atomic mass is 16.5. The molecule has 1 aromatic heterocycles. The summed E-state index contributed by atoms with van der Waals surface area (Å²) in [4.78, 5) is 11.5. The van der Waals surface area contributed by atoms with E-state index in [1.807, 2.05) is 18.2 Å². The van der Waals surface area contributed by atoms with Crippen LogP contribution in [-0.4, -0.2) is 17.7 Å². The maximum absolute atomic E-state index is 11.5. The van der Waals surface area contributed by atoms with Crippen molar-refractivity contribution in [2.75, 3.05) is 11.9 Å². The number of nitrogens with one attached hydrogen (secondary N) is 2. The SMILES string of the molecule is Cc1cc(NC(=O)NCCCc2ccccc2)no1. The summed E-state index contributed by atoms with van der Waals surface area (Å²) in [5, 5.41) is 9.07. The molecular formula is C14H17N3O2. The number of benzene rings is 1. The highest BCUT2D eigenvalue weighted by molar-refractivity contribution is 5.88. The lowest BCUT2D eigenvalue weighted by atomic mass is 10.1. The van der Waals surface area contributed by atoms with E-state index < -0.39 is 0 Å². The Bertz CT molecular complexity index is 522. The molecule has 0 spiro atoms. The van der Waals surface area contributed by atoms with E-state index in [0.717, 1.165) is 12.8 Å². The molecule has 0 saturated heterocycles. The molecule has 0 saturated carbocycles. The lowest BCUT2D eigenvalue weighted by Crippen LogP contribution is -2.29. The molecule has 0 fully saturated rings. The molecular weight excluding hydrogens is 242 g/mol. The van der Waals surface area contributed by atoms with Crippen LogP contribution in [0.4, 0.5) is 10.6 Å². The number of carbonyl (C=O) groups excluding carboxylic acids is 1. The average Bonchev–Trinajstić information content (AvgIpc) is 2.81. The van der Waals surface area contributed by atoms with Gasteiger partial charge in [0.15, 0.2) is 5.82 Å². The van der Waals surface area contributed by atoms with Crippen molar-refractivity contribution in [3.8, 4) is 0 Å². The molecule has 19 heavy (non-hydrogen) atoms. The molecule has 100 valence electrons. The number of aromatic nitrogens is 1. The fraction of sp³-hybridized carbons (Fsp3) is 0.286. The third-order valence-electron chi connectivity index (χ3n) is 2.64. The fourth-order valence-electron chi connectivity index (χ4n) is 1.72. The molecule has 0 aliphatic rings. The monoisotopic (exact) mass is 259 g/mol. The quantitative estimate of drug-likeness (QED) is 0.811. The Morgan fingerprint density at radius 1 is 1.32 bits per heavy atom. The van der Waals surface area contributed by atoms with Crippen LogP contribution in [0.1, 0.15) is 17.7 Å². The Morgan fingerprint density at radius 2 is 2.11 bits per heavy atom. The van der Waals surface area contributed by atoms with E-state index in [4.69, 9.17) is 4.52 Å². The van der Waals surface area contributed by atoms with E-state index in [9.17, 15) is 4.79 Å². The molecule has 0 bridgehead atoms. The van der Waals surface area contributed by atoms with Crippen molar-refractivity contribution in [2.24, 2.45) is 0 Å². The van der Waals surface area contributed by atoms with Crippen LogP contribution in [0.25, 0.3) is 0 Å². The topological polar surface area (TPSA) is 67.2 Å². The Kier molecular flexibility index (Phi) is 4.55. The molecule has 5 heteroatoms. The van der Waals surface area contributed by atoms with Crippen molar-refractivity contribution in [3.63, 3.8) is 0 Å². The smallest absolute Gasteiger partial charge is 0.320 e. The van der Waals surface area contributed by atoms with Gasteiger partial charge in [0, 0.05) is 12.6 Å². The normalized spacial score (nSPS) is 10.2. The second kappa shape index (κ2) is 6.58. The fourth-order valence-corrected chi connectivity index (χ4v) is 1.72. The molecule has 0 atom stereocenters. The average molecular weight is 259 g/mol. The maximum atomic E-state index is 11.5. The minimum absolute atomic E-state index is 0.263. The summed E-state index contributed by atoms with van der Waals surface area (Å²) in [6.45, 7) is 2.40. The van der Waals surface area contributed by atoms with Crippen molar-refractivity contribution < 1.29 is 9.32 Å². The standard InChI is InChI=1S/C14H17N3O2/c1-11-10-13(17-19-11)16-14(18)15-9-5-8-12-6-3-2-4-7-12/h2-4,6-7,10H,5,8-9H2,1H3,(H2,15,16,17,18). The predicted molar refractivity (Wildman–Crippen MR) is 73.0 cm³/mol. The van der Waals surface area contributed by atoms with Gasteiger partial charge in [0.1, 0.15) is 5.76 Å². The van der Waals surface area contributed by atoms with Crippen molar-refractivity contribution in [1.82, 2.24) is 10.5 Å². The number of carbonyl (C=O) groups is 1. The molecule has 2 rings (SSSR count). The molecule has 1 heterocycles. The van der Waals surface area contributed by atoms with Gasteiger partial charge in [-0.05, 0) is 25.3 Å². The minimum atomic E-state index is -0.263. The van der Waals surface area contributed by atoms with Crippen LogP contribution in [0.5, 0.6) is 0 Å². The molecule has 0 aliphatic heterocycles. The molecule has 5 nitrogen and oxygen atoms in total. The van der Waals surface area contributed by atoms with Gasteiger partial charge in [-0.2, -0.15) is 0 Å². The number of hydrogen-bond donors (Lipinski definition) is 2. The minimum Gasteiger partial charge on any atom is -0.360 e. The lowest BCUT2D eigenvalue weighted by Gasteiger charge is -2.05. The van der Waals surface area contributed by atoms with Gasteiger partial charge in [-0.15, -0.1) is 0 Å². The zero-order valence-electron chi connectivity index (χ0n) is 10.8. The van der Waals surface area contributed by atoms with Crippen molar-refractivity contribution >= 4 is 11.8 Å². The van der Waals surface area contributed by atoms with Gasteiger partial charge >= 0.3 is 6.03 Å². The highest BCUT2D eigenvalue weighted by Gasteiger charge is 2.04. The molecule has 2 N–H and O–H groups in total. The van der Waals surface area contributed by atoms with Crippen LogP contribution in [0.2, 0.25) is 0 Å². The summed E-state index contributed by atoms with van der Waals surface area (Å²) in [5.74, 6) is 1.09. The summed E-state index contributed by atoms with van der Waals surface area (Å²) >= 11 is 0. The zero-order valence-corrected chi connectivity index (χ0v) is 10.8. The van der Waals surface area contributed by atoms with Crippen LogP contribution in [-0.2, 0) is 6.42 Å². The van der Waals surface area contributed by atoms with Crippen LogP contribution in [0.15, 0.2) is 40.9 Å². The van der Waals surface area contributed by atoms with Crippen LogP contribution in [0.3, 0.4) is 0 Å². The first kappa shape index (κ1) is 13.1. The second-order valence-corrected chi connectivity index (χ2v) is 4.29. The van der Waals surface area contributed by atoms with E-state index in [1.165, 1.54) is 5.56 Å². The van der Waals surface area contributed by atoms with Crippen molar-refractivity contribution in [2.45, 2.75) is 19.8 Å². The maximum Gasteiger partial charge on any atom is 0.320 e. The van der Waals surface area contributed by atoms with Gasteiger partial charge in [-0.3, -0.25) is 5.32 Å². The number of hydrogen-bond acceptors (Lipinski definition) is 3. The lowest BCUT2D eigenvalue weighted by molar-refractivity contribution is 0.251.